The number of aliphatic carboxylic acids is 1. The molecule has 3 N–H and O–H groups in total. The molecule has 2 saturated carbocycles. The largest absolute Gasteiger partial charge is 0.481 e. The van der Waals surface area contributed by atoms with Crippen molar-refractivity contribution in [3.05, 3.63) is 0 Å². The van der Waals surface area contributed by atoms with Gasteiger partial charge in [0.25, 0.3) is 0 Å². The number of fused-ring (bicyclic) bond motifs is 2. The Kier molecular flexibility index (Phi) is 3.40. The second-order valence-electron chi connectivity index (χ2n) is 9.95. The van der Waals surface area contributed by atoms with Crippen LogP contribution in [0, 0.1) is 22.7 Å². The molecule has 142 valence electrons. The van der Waals surface area contributed by atoms with Gasteiger partial charge in [0.05, 0.1) is 5.41 Å². The summed E-state index contributed by atoms with van der Waals surface area (Å²) in [7, 11) is 0. The van der Waals surface area contributed by atoms with Gasteiger partial charge in [-0.25, -0.2) is 0 Å². The molecule has 1 spiro atoms. The number of carboxylic acid groups (broad SMARTS) is 1. The third kappa shape index (κ3) is 1.65. The summed E-state index contributed by atoms with van der Waals surface area (Å²) < 4.78 is 6.68. The second kappa shape index (κ2) is 4.79. The van der Waals surface area contributed by atoms with Crippen LogP contribution in [0.1, 0.15) is 72.6 Å². The molecule has 0 aromatic heterocycles. The highest BCUT2D eigenvalue weighted by molar-refractivity contribution is 5.75. The van der Waals surface area contributed by atoms with Gasteiger partial charge in [0.15, 0.2) is 0 Å². The average molecular weight is 352 g/mol. The van der Waals surface area contributed by atoms with Gasteiger partial charge in [-0.15, -0.1) is 0 Å². The van der Waals surface area contributed by atoms with Crippen LogP contribution in [-0.2, 0) is 9.53 Å². The lowest BCUT2D eigenvalue weighted by Crippen LogP contribution is -2.72. The fourth-order valence-electron chi connectivity index (χ4n) is 7.49. The van der Waals surface area contributed by atoms with Crippen LogP contribution in [0.15, 0.2) is 0 Å². The molecule has 5 nitrogen and oxygen atoms in total. The Bertz CT molecular complexity index is 619. The van der Waals surface area contributed by atoms with Crippen molar-refractivity contribution < 1.29 is 24.9 Å². The Hall–Kier alpha value is -0.650. The quantitative estimate of drug-likeness (QED) is 0.711. The lowest BCUT2D eigenvalue weighted by Gasteiger charge is -2.64. The summed E-state index contributed by atoms with van der Waals surface area (Å²) in [5, 5.41) is 32.8. The number of carboxylic acids is 1. The molecule has 2 aliphatic heterocycles. The van der Waals surface area contributed by atoms with Crippen LogP contribution in [0.25, 0.3) is 0 Å². The van der Waals surface area contributed by atoms with E-state index in [0.717, 1.165) is 19.3 Å². The molecule has 0 radical (unpaired) electrons. The number of hydrogen-bond acceptors (Lipinski definition) is 4. The molecule has 2 heterocycles. The molecule has 5 heteroatoms. The smallest absolute Gasteiger partial charge is 0.309 e. The van der Waals surface area contributed by atoms with Gasteiger partial charge in [-0.1, -0.05) is 27.2 Å². The van der Waals surface area contributed by atoms with Crippen molar-refractivity contribution in [1.29, 1.82) is 0 Å². The zero-order chi connectivity index (χ0) is 18.5. The van der Waals surface area contributed by atoms with Crippen LogP contribution in [0.2, 0.25) is 0 Å². The van der Waals surface area contributed by atoms with Gasteiger partial charge >= 0.3 is 5.97 Å². The number of carbonyl (C=O) groups is 1. The normalized spacial score (nSPS) is 57.4. The van der Waals surface area contributed by atoms with E-state index in [1.165, 1.54) is 0 Å². The first kappa shape index (κ1) is 17.7. The molecule has 4 fully saturated rings. The van der Waals surface area contributed by atoms with E-state index in [-0.39, 0.29) is 11.8 Å². The van der Waals surface area contributed by atoms with Gasteiger partial charge in [0.1, 0.15) is 22.9 Å². The van der Waals surface area contributed by atoms with Crippen LogP contribution < -0.4 is 0 Å². The molecule has 4 rings (SSSR count). The fraction of sp³-hybridized carbons (Fsp3) is 0.950. The molecular formula is C20H32O5. The van der Waals surface area contributed by atoms with Gasteiger partial charge in [-0.05, 0) is 57.3 Å². The number of ether oxygens (including phenoxy) is 1. The summed E-state index contributed by atoms with van der Waals surface area (Å²) in [6.07, 6.45) is 3.95. The molecule has 4 aliphatic rings. The van der Waals surface area contributed by atoms with Crippen molar-refractivity contribution >= 4 is 5.97 Å². The first-order chi connectivity index (χ1) is 11.5. The van der Waals surface area contributed by atoms with Crippen LogP contribution in [0.4, 0.5) is 0 Å². The molecule has 25 heavy (non-hydrogen) atoms. The number of aliphatic hydroxyl groups is 2. The van der Waals surface area contributed by atoms with Crippen molar-refractivity contribution in [1.82, 2.24) is 0 Å². The Morgan fingerprint density at radius 1 is 1.12 bits per heavy atom. The molecule has 0 aromatic rings. The van der Waals surface area contributed by atoms with E-state index in [2.05, 4.69) is 6.92 Å². The Morgan fingerprint density at radius 3 is 2.40 bits per heavy atom. The molecule has 0 unspecified atom stereocenters. The van der Waals surface area contributed by atoms with Gasteiger partial charge in [-0.2, -0.15) is 0 Å². The fourth-order valence-corrected chi connectivity index (χ4v) is 7.49. The van der Waals surface area contributed by atoms with Gasteiger partial charge < -0.3 is 20.1 Å². The summed E-state index contributed by atoms with van der Waals surface area (Å²) in [6, 6.07) is 0. The summed E-state index contributed by atoms with van der Waals surface area (Å²) in [6.45, 7) is 8.08. The Balaban J connectivity index is 1.87. The van der Waals surface area contributed by atoms with Gasteiger partial charge in [0.2, 0.25) is 0 Å². The van der Waals surface area contributed by atoms with Crippen LogP contribution in [0.3, 0.4) is 0 Å². The molecule has 2 bridgehead atoms. The number of aliphatic hydroxyl groups excluding tert-OH is 1. The van der Waals surface area contributed by atoms with Crippen molar-refractivity contribution in [2.24, 2.45) is 22.7 Å². The summed E-state index contributed by atoms with van der Waals surface area (Å²) in [5.41, 5.74) is -4.02. The van der Waals surface area contributed by atoms with Crippen molar-refractivity contribution in [3.8, 4) is 0 Å². The highest BCUT2D eigenvalue weighted by Crippen LogP contribution is 2.74. The van der Waals surface area contributed by atoms with Gasteiger partial charge in [-0.3, -0.25) is 4.79 Å². The van der Waals surface area contributed by atoms with Crippen molar-refractivity contribution in [2.45, 2.75) is 95.5 Å². The number of hydrogen-bond donors (Lipinski definition) is 3. The van der Waals surface area contributed by atoms with E-state index >= 15 is 0 Å². The van der Waals surface area contributed by atoms with Crippen LogP contribution >= 0.6 is 0 Å². The van der Waals surface area contributed by atoms with E-state index in [4.69, 9.17) is 4.74 Å². The first-order valence-corrected chi connectivity index (χ1v) is 9.84. The maximum absolute atomic E-state index is 12.1. The highest BCUT2D eigenvalue weighted by Gasteiger charge is 2.83. The zero-order valence-corrected chi connectivity index (χ0v) is 15.8. The molecular weight excluding hydrogens is 320 g/mol. The van der Waals surface area contributed by atoms with E-state index in [0.29, 0.717) is 25.7 Å². The SMILES string of the molecule is CC(C)[C@]12CC[C@@]3(O1)[C@@]1(C)CCC[C@@](C)(C(=O)O)[C@@H]1CC[C@@]3(O)[C@@H]2O. The molecule has 2 aliphatic carbocycles. The van der Waals surface area contributed by atoms with E-state index in [1.54, 1.807) is 0 Å². The first-order valence-electron chi connectivity index (χ1n) is 9.84. The van der Waals surface area contributed by atoms with Crippen LogP contribution in [0.5, 0.6) is 0 Å². The maximum atomic E-state index is 12.1. The van der Waals surface area contributed by atoms with E-state index in [1.807, 2.05) is 20.8 Å². The molecule has 2 saturated heterocycles. The predicted molar refractivity (Wildman–Crippen MR) is 92.0 cm³/mol. The summed E-state index contributed by atoms with van der Waals surface area (Å²) >= 11 is 0. The maximum Gasteiger partial charge on any atom is 0.309 e. The van der Waals surface area contributed by atoms with Crippen molar-refractivity contribution in [3.63, 3.8) is 0 Å². The molecule has 0 aromatic carbocycles. The third-order valence-corrected chi connectivity index (χ3v) is 8.98. The molecule has 0 amide bonds. The zero-order valence-electron chi connectivity index (χ0n) is 15.8. The lowest BCUT2D eigenvalue weighted by molar-refractivity contribution is -0.264. The lowest BCUT2D eigenvalue weighted by atomic mass is 9.41. The van der Waals surface area contributed by atoms with Gasteiger partial charge in [0, 0.05) is 5.41 Å². The average Bonchev–Trinajstić information content (AvgIpc) is 3.03. The Labute approximate surface area is 149 Å². The predicted octanol–water partition coefficient (Wildman–Crippen LogP) is 2.73. The monoisotopic (exact) mass is 352 g/mol. The minimum Gasteiger partial charge on any atom is -0.481 e. The number of rotatable bonds is 2. The third-order valence-electron chi connectivity index (χ3n) is 8.98. The minimum absolute atomic E-state index is 0.0419. The summed E-state index contributed by atoms with van der Waals surface area (Å²) in [5.74, 6) is -0.676. The van der Waals surface area contributed by atoms with E-state index < -0.39 is 39.7 Å². The second-order valence-corrected chi connectivity index (χ2v) is 9.95. The summed E-state index contributed by atoms with van der Waals surface area (Å²) in [4.78, 5) is 12.1. The van der Waals surface area contributed by atoms with E-state index in [9.17, 15) is 20.1 Å². The highest BCUT2D eigenvalue weighted by atomic mass is 16.6. The minimum atomic E-state index is -1.27. The topological polar surface area (TPSA) is 87.0 Å². The Morgan fingerprint density at radius 2 is 1.80 bits per heavy atom. The standard InChI is InChI=1S/C20H32O5/c1-12(2)18-10-11-20(25-18)17(4)8-5-7-16(3,15(22)23)13(17)6-9-19(20,24)14(18)21/h12-14,21,24H,5-11H2,1-4H3,(H,22,23)/t13-,14+,16+,17-,18-,19+,20+/m0/s1. The van der Waals surface area contributed by atoms with Crippen LogP contribution in [-0.4, -0.2) is 44.2 Å². The molecule has 7 atom stereocenters. The van der Waals surface area contributed by atoms with Crippen molar-refractivity contribution in [2.75, 3.05) is 0 Å².